The van der Waals surface area contributed by atoms with E-state index in [-0.39, 0.29) is 25.7 Å². The highest BCUT2D eigenvalue weighted by Crippen LogP contribution is 2.57. The molecule has 0 heterocycles. The van der Waals surface area contributed by atoms with E-state index in [2.05, 4.69) is 0 Å². The van der Waals surface area contributed by atoms with Gasteiger partial charge in [0.1, 0.15) is 24.2 Å². The molecule has 0 N–H and O–H groups in total. The fourth-order valence-corrected chi connectivity index (χ4v) is 2.61. The van der Waals surface area contributed by atoms with Crippen LogP contribution in [0.1, 0.15) is 33.6 Å². The molecule has 8 heteroatoms. The number of alkyl halides is 2. The summed E-state index contributed by atoms with van der Waals surface area (Å²) in [4.78, 5) is 33.3. The Morgan fingerprint density at radius 1 is 0.955 bits per heavy atom. The Hall–Kier alpha value is -1.01. The Labute approximate surface area is 139 Å². The summed E-state index contributed by atoms with van der Waals surface area (Å²) < 4.78 is 14.3. The zero-order valence-electron chi connectivity index (χ0n) is 12.8. The standard InChI is InChI=1S/C14H20Cl2O6/c1-9(17)20-6-13(7-21-10(2)18,8-22-11(3)19)4-12-5-14(12,15)16/h12H,4-8H2,1-3H3. The maximum Gasteiger partial charge on any atom is 0.302 e. The lowest BCUT2D eigenvalue weighted by atomic mass is 9.84. The molecule has 1 rings (SSSR count). The van der Waals surface area contributed by atoms with Crippen LogP contribution < -0.4 is 0 Å². The Morgan fingerprint density at radius 2 is 1.27 bits per heavy atom. The molecular formula is C14H20Cl2O6. The first kappa shape index (κ1) is 19.0. The Bertz CT molecular complexity index is 403. The van der Waals surface area contributed by atoms with Crippen LogP contribution in [0.5, 0.6) is 0 Å². The lowest BCUT2D eigenvalue weighted by Gasteiger charge is -2.32. The van der Waals surface area contributed by atoms with E-state index in [0.29, 0.717) is 12.8 Å². The van der Waals surface area contributed by atoms with E-state index in [1.165, 1.54) is 20.8 Å². The largest absolute Gasteiger partial charge is 0.465 e. The summed E-state index contributed by atoms with van der Waals surface area (Å²) in [7, 11) is 0. The highest BCUT2D eigenvalue weighted by Gasteiger charge is 2.55. The van der Waals surface area contributed by atoms with Crippen molar-refractivity contribution in [2.75, 3.05) is 19.8 Å². The summed E-state index contributed by atoms with van der Waals surface area (Å²) in [5, 5.41) is 0. The fraction of sp³-hybridized carbons (Fsp3) is 0.786. The molecule has 0 aromatic heterocycles. The molecule has 0 aromatic rings. The van der Waals surface area contributed by atoms with Crippen LogP contribution in [0, 0.1) is 11.3 Å². The van der Waals surface area contributed by atoms with E-state index in [1.54, 1.807) is 0 Å². The highest BCUT2D eigenvalue weighted by molar-refractivity contribution is 6.50. The third-order valence-corrected chi connectivity index (χ3v) is 4.31. The number of carbonyl (C=O) groups is 3. The minimum atomic E-state index is -0.862. The van der Waals surface area contributed by atoms with Crippen molar-refractivity contribution >= 4 is 41.1 Å². The van der Waals surface area contributed by atoms with E-state index in [9.17, 15) is 14.4 Å². The third-order valence-electron chi connectivity index (χ3n) is 3.38. The van der Waals surface area contributed by atoms with E-state index >= 15 is 0 Å². The van der Waals surface area contributed by atoms with Crippen molar-refractivity contribution in [3.63, 3.8) is 0 Å². The van der Waals surface area contributed by atoms with Gasteiger partial charge in [0.2, 0.25) is 0 Å². The molecule has 0 aromatic carbocycles. The number of halogens is 2. The zero-order chi connectivity index (χ0) is 17.0. The van der Waals surface area contributed by atoms with Gasteiger partial charge in [-0.05, 0) is 18.8 Å². The number of hydrogen-bond donors (Lipinski definition) is 0. The molecular weight excluding hydrogens is 335 g/mol. The van der Waals surface area contributed by atoms with Crippen molar-refractivity contribution in [2.45, 2.75) is 37.9 Å². The van der Waals surface area contributed by atoms with E-state index in [1.807, 2.05) is 0 Å². The predicted octanol–water partition coefficient (Wildman–Crippen LogP) is 2.25. The van der Waals surface area contributed by atoms with Gasteiger partial charge >= 0.3 is 17.9 Å². The van der Waals surface area contributed by atoms with Crippen LogP contribution in [0.15, 0.2) is 0 Å². The third kappa shape index (κ3) is 6.40. The molecule has 126 valence electrons. The van der Waals surface area contributed by atoms with Gasteiger partial charge in [-0.15, -0.1) is 23.2 Å². The van der Waals surface area contributed by atoms with Crippen LogP contribution in [0.25, 0.3) is 0 Å². The molecule has 1 atom stereocenters. The minimum absolute atomic E-state index is 0.0440. The summed E-state index contributed by atoms with van der Waals surface area (Å²) in [6.07, 6.45) is 0.992. The van der Waals surface area contributed by atoms with Crippen molar-refractivity contribution in [2.24, 2.45) is 11.3 Å². The average molecular weight is 355 g/mol. The first-order valence-corrected chi connectivity index (χ1v) is 7.60. The van der Waals surface area contributed by atoms with Crippen LogP contribution in [-0.2, 0) is 28.6 Å². The van der Waals surface area contributed by atoms with Crippen LogP contribution in [-0.4, -0.2) is 42.1 Å². The van der Waals surface area contributed by atoms with E-state index in [4.69, 9.17) is 37.4 Å². The zero-order valence-corrected chi connectivity index (χ0v) is 14.3. The van der Waals surface area contributed by atoms with Crippen molar-refractivity contribution in [3.05, 3.63) is 0 Å². The van der Waals surface area contributed by atoms with E-state index < -0.39 is 27.7 Å². The molecule has 0 spiro atoms. The molecule has 1 aliphatic carbocycles. The van der Waals surface area contributed by atoms with Gasteiger partial charge in [-0.25, -0.2) is 0 Å². The van der Waals surface area contributed by atoms with Gasteiger partial charge in [0.15, 0.2) is 0 Å². The van der Waals surface area contributed by atoms with Gasteiger partial charge < -0.3 is 14.2 Å². The first-order valence-electron chi connectivity index (χ1n) is 6.84. The van der Waals surface area contributed by atoms with E-state index in [0.717, 1.165) is 0 Å². The first-order chi connectivity index (χ1) is 10.1. The Kier molecular flexibility index (Phi) is 6.50. The number of rotatable bonds is 8. The number of esters is 3. The summed E-state index contributed by atoms with van der Waals surface area (Å²) >= 11 is 12.1. The van der Waals surface area contributed by atoms with Crippen LogP contribution >= 0.6 is 23.2 Å². The topological polar surface area (TPSA) is 78.9 Å². The molecule has 0 amide bonds. The minimum Gasteiger partial charge on any atom is -0.465 e. The lowest BCUT2D eigenvalue weighted by Crippen LogP contribution is -2.40. The second-order valence-electron chi connectivity index (χ2n) is 5.71. The summed E-state index contributed by atoms with van der Waals surface area (Å²) in [5.74, 6) is -1.48. The maximum atomic E-state index is 11.1. The Balaban J connectivity index is 2.84. The van der Waals surface area contributed by atoms with Crippen LogP contribution in [0.2, 0.25) is 0 Å². The van der Waals surface area contributed by atoms with Gasteiger partial charge in [0.05, 0.1) is 5.41 Å². The van der Waals surface area contributed by atoms with Gasteiger partial charge in [-0.3, -0.25) is 14.4 Å². The molecule has 1 saturated carbocycles. The monoisotopic (exact) mass is 354 g/mol. The van der Waals surface area contributed by atoms with Crippen molar-refractivity contribution in [1.29, 1.82) is 0 Å². The van der Waals surface area contributed by atoms with Gasteiger partial charge in [0.25, 0.3) is 0 Å². The molecule has 0 radical (unpaired) electrons. The quantitative estimate of drug-likeness (QED) is 0.378. The normalized spacial score (nSPS) is 19.2. The van der Waals surface area contributed by atoms with Crippen molar-refractivity contribution in [3.8, 4) is 0 Å². The molecule has 6 nitrogen and oxygen atoms in total. The van der Waals surface area contributed by atoms with Crippen molar-refractivity contribution in [1.82, 2.24) is 0 Å². The number of ether oxygens (including phenoxy) is 3. The number of carbonyl (C=O) groups excluding carboxylic acids is 3. The van der Waals surface area contributed by atoms with Gasteiger partial charge in [0, 0.05) is 20.8 Å². The fourth-order valence-electron chi connectivity index (χ4n) is 2.08. The molecule has 0 aliphatic heterocycles. The molecule has 1 unspecified atom stereocenters. The molecule has 1 aliphatic rings. The second-order valence-corrected chi connectivity index (χ2v) is 7.25. The van der Waals surface area contributed by atoms with Crippen LogP contribution in [0.4, 0.5) is 0 Å². The number of hydrogen-bond acceptors (Lipinski definition) is 6. The average Bonchev–Trinajstić information content (AvgIpc) is 2.97. The van der Waals surface area contributed by atoms with Gasteiger partial charge in [-0.2, -0.15) is 0 Å². The molecule has 1 fully saturated rings. The van der Waals surface area contributed by atoms with Crippen LogP contribution in [0.3, 0.4) is 0 Å². The van der Waals surface area contributed by atoms with Crippen molar-refractivity contribution < 1.29 is 28.6 Å². The molecule has 22 heavy (non-hydrogen) atoms. The Morgan fingerprint density at radius 3 is 1.50 bits per heavy atom. The molecule has 0 bridgehead atoms. The second kappa shape index (κ2) is 7.51. The highest BCUT2D eigenvalue weighted by atomic mass is 35.5. The van der Waals surface area contributed by atoms with Gasteiger partial charge in [-0.1, -0.05) is 0 Å². The smallest absolute Gasteiger partial charge is 0.302 e. The molecule has 0 saturated heterocycles. The summed E-state index contributed by atoms with van der Waals surface area (Å²) in [5.41, 5.74) is -0.862. The predicted molar refractivity (Wildman–Crippen MR) is 79.5 cm³/mol. The maximum absolute atomic E-state index is 11.1. The summed E-state index contributed by atoms with van der Waals surface area (Å²) in [6.45, 7) is 3.66. The summed E-state index contributed by atoms with van der Waals surface area (Å²) in [6, 6.07) is 0. The lowest BCUT2D eigenvalue weighted by molar-refractivity contribution is -0.160. The SMILES string of the molecule is CC(=O)OCC(COC(C)=O)(COC(C)=O)CC1CC1(Cl)Cl.